The first-order valence-electron chi connectivity index (χ1n) is 7.06. The van der Waals surface area contributed by atoms with Gasteiger partial charge in [-0.2, -0.15) is 0 Å². The summed E-state index contributed by atoms with van der Waals surface area (Å²) >= 11 is 0. The van der Waals surface area contributed by atoms with Crippen molar-refractivity contribution in [3.05, 3.63) is 53.1 Å². The fourth-order valence-corrected chi connectivity index (χ4v) is 2.51. The van der Waals surface area contributed by atoms with Gasteiger partial charge in [0.15, 0.2) is 0 Å². The summed E-state index contributed by atoms with van der Waals surface area (Å²) in [5, 5.41) is 2.94. The molecule has 5 nitrogen and oxygen atoms in total. The van der Waals surface area contributed by atoms with Crippen LogP contribution in [0.3, 0.4) is 0 Å². The molecule has 0 unspecified atom stereocenters. The van der Waals surface area contributed by atoms with Crippen molar-refractivity contribution in [2.24, 2.45) is 0 Å². The highest BCUT2D eigenvalue weighted by Gasteiger charge is 2.22. The van der Waals surface area contributed by atoms with E-state index in [-0.39, 0.29) is 6.03 Å². The van der Waals surface area contributed by atoms with E-state index in [9.17, 15) is 4.79 Å². The van der Waals surface area contributed by atoms with Gasteiger partial charge in [0.2, 0.25) is 0 Å². The minimum atomic E-state index is -0.0770. The van der Waals surface area contributed by atoms with E-state index >= 15 is 0 Å². The third kappa shape index (κ3) is 3.02. The quantitative estimate of drug-likeness (QED) is 0.875. The number of nitrogens with zero attached hydrogens (tertiary/aromatic N) is 3. The van der Waals surface area contributed by atoms with Crippen LogP contribution in [0.2, 0.25) is 0 Å². The van der Waals surface area contributed by atoms with Gasteiger partial charge in [-0.15, -0.1) is 0 Å². The number of benzene rings is 1. The fourth-order valence-electron chi connectivity index (χ4n) is 2.51. The summed E-state index contributed by atoms with van der Waals surface area (Å²) < 4.78 is 0. The summed E-state index contributed by atoms with van der Waals surface area (Å²) in [7, 11) is 0. The first kappa shape index (κ1) is 13.5. The summed E-state index contributed by atoms with van der Waals surface area (Å²) in [6, 6.07) is 7.73. The Balaban J connectivity index is 1.71. The highest BCUT2D eigenvalue weighted by Crippen LogP contribution is 2.18. The number of urea groups is 1. The molecular formula is C16H18N4O. The number of aryl methyl sites for hydroxylation is 2. The van der Waals surface area contributed by atoms with Crippen molar-refractivity contribution in [1.82, 2.24) is 14.9 Å². The molecule has 2 aromatic rings. The number of hydrogen-bond acceptors (Lipinski definition) is 3. The molecule has 0 bridgehead atoms. The topological polar surface area (TPSA) is 58.1 Å². The zero-order valence-corrected chi connectivity index (χ0v) is 12.3. The van der Waals surface area contributed by atoms with E-state index in [1.54, 1.807) is 4.90 Å². The van der Waals surface area contributed by atoms with Crippen LogP contribution in [0.4, 0.5) is 10.5 Å². The van der Waals surface area contributed by atoms with Gasteiger partial charge >= 0.3 is 6.03 Å². The molecule has 0 aliphatic carbocycles. The predicted molar refractivity (Wildman–Crippen MR) is 81.1 cm³/mol. The average molecular weight is 282 g/mol. The number of carbonyl (C=O) groups excluding carboxylic acids is 1. The summed E-state index contributed by atoms with van der Waals surface area (Å²) in [6.45, 7) is 5.14. The molecule has 1 aromatic carbocycles. The van der Waals surface area contributed by atoms with Crippen molar-refractivity contribution in [2.75, 3.05) is 11.9 Å². The number of anilines is 1. The summed E-state index contributed by atoms with van der Waals surface area (Å²) in [4.78, 5) is 22.8. The Bertz CT molecular complexity index is 684. The molecule has 1 aliphatic rings. The molecule has 108 valence electrons. The second-order valence-electron chi connectivity index (χ2n) is 5.36. The highest BCUT2D eigenvalue weighted by atomic mass is 16.2. The molecule has 3 rings (SSSR count). The zero-order chi connectivity index (χ0) is 14.8. The van der Waals surface area contributed by atoms with Gasteiger partial charge in [-0.25, -0.2) is 14.8 Å². The lowest BCUT2D eigenvalue weighted by Gasteiger charge is -2.28. The second kappa shape index (κ2) is 5.52. The molecule has 1 N–H and O–H groups in total. The Hall–Kier alpha value is -2.43. The Labute approximate surface area is 124 Å². The summed E-state index contributed by atoms with van der Waals surface area (Å²) in [6.07, 6.45) is 2.60. The summed E-state index contributed by atoms with van der Waals surface area (Å²) in [5.41, 5.74) is 4.04. The number of nitrogens with one attached hydrogen (secondary N) is 1. The number of aromatic nitrogens is 2. The van der Waals surface area contributed by atoms with Crippen LogP contribution in [0.15, 0.2) is 30.5 Å². The first-order chi connectivity index (χ1) is 10.1. The number of amides is 2. The number of rotatable bonds is 1. The van der Waals surface area contributed by atoms with E-state index in [1.165, 1.54) is 0 Å². The minimum Gasteiger partial charge on any atom is -0.320 e. The zero-order valence-electron chi connectivity index (χ0n) is 12.3. The van der Waals surface area contributed by atoms with Gasteiger partial charge in [0.05, 0.1) is 12.2 Å². The van der Waals surface area contributed by atoms with E-state index in [0.717, 1.165) is 34.8 Å². The van der Waals surface area contributed by atoms with Gasteiger partial charge in [0, 0.05) is 30.4 Å². The van der Waals surface area contributed by atoms with Crippen LogP contribution in [0, 0.1) is 13.8 Å². The van der Waals surface area contributed by atoms with E-state index in [1.807, 2.05) is 44.3 Å². The minimum absolute atomic E-state index is 0.0770. The van der Waals surface area contributed by atoms with Crippen molar-refractivity contribution in [1.29, 1.82) is 0 Å². The van der Waals surface area contributed by atoms with Gasteiger partial charge in [0.25, 0.3) is 0 Å². The van der Waals surface area contributed by atoms with E-state index in [2.05, 4.69) is 15.3 Å². The van der Waals surface area contributed by atoms with Crippen LogP contribution >= 0.6 is 0 Å². The monoisotopic (exact) mass is 282 g/mol. The lowest BCUT2D eigenvalue weighted by Crippen LogP contribution is -2.39. The third-order valence-electron chi connectivity index (χ3n) is 3.61. The molecule has 1 aromatic heterocycles. The molecule has 0 atom stereocenters. The second-order valence-corrected chi connectivity index (χ2v) is 5.36. The third-order valence-corrected chi connectivity index (χ3v) is 3.61. The predicted octanol–water partition coefficient (Wildman–Crippen LogP) is 2.68. The van der Waals surface area contributed by atoms with Crippen molar-refractivity contribution < 1.29 is 4.79 Å². The first-order valence-corrected chi connectivity index (χ1v) is 7.06. The van der Waals surface area contributed by atoms with Gasteiger partial charge in [-0.1, -0.05) is 12.1 Å². The number of carbonyl (C=O) groups is 1. The highest BCUT2D eigenvalue weighted by molar-refractivity contribution is 5.89. The van der Waals surface area contributed by atoms with E-state index in [0.29, 0.717) is 13.1 Å². The van der Waals surface area contributed by atoms with Crippen molar-refractivity contribution in [3.63, 3.8) is 0 Å². The van der Waals surface area contributed by atoms with Crippen molar-refractivity contribution in [3.8, 4) is 0 Å². The normalized spacial score (nSPS) is 13.7. The molecule has 21 heavy (non-hydrogen) atoms. The van der Waals surface area contributed by atoms with Crippen molar-refractivity contribution in [2.45, 2.75) is 26.8 Å². The van der Waals surface area contributed by atoms with Gasteiger partial charge in [-0.3, -0.25) is 0 Å². The Morgan fingerprint density at radius 3 is 3.00 bits per heavy atom. The summed E-state index contributed by atoms with van der Waals surface area (Å²) in [5.74, 6) is 0.784. The number of fused-ring (bicyclic) bond motifs is 1. The fraction of sp³-hybridized carbons (Fsp3) is 0.312. The molecule has 0 saturated carbocycles. The average Bonchev–Trinajstić information content (AvgIpc) is 2.46. The van der Waals surface area contributed by atoms with Gasteiger partial charge in [-0.05, 0) is 31.5 Å². The maximum absolute atomic E-state index is 12.3. The molecule has 5 heteroatoms. The Kier molecular flexibility index (Phi) is 3.56. The van der Waals surface area contributed by atoms with Crippen LogP contribution in [-0.4, -0.2) is 27.4 Å². The molecule has 0 fully saturated rings. The van der Waals surface area contributed by atoms with Crippen molar-refractivity contribution >= 4 is 11.7 Å². The molecule has 0 radical (unpaired) electrons. The lowest BCUT2D eigenvalue weighted by atomic mass is 10.1. The number of hydrogen-bond donors (Lipinski definition) is 1. The molecule has 2 heterocycles. The standard InChI is InChI=1S/C16H18N4O/c1-11-4-3-5-14(8-11)19-16(21)20-7-6-15-13(10-20)9-17-12(2)18-15/h3-5,8-9H,6-7,10H2,1-2H3,(H,19,21). The van der Waals surface area contributed by atoms with Crippen LogP contribution in [0.25, 0.3) is 0 Å². The Morgan fingerprint density at radius 2 is 2.19 bits per heavy atom. The molecule has 0 spiro atoms. The Morgan fingerprint density at radius 1 is 1.33 bits per heavy atom. The van der Waals surface area contributed by atoms with Crippen LogP contribution in [-0.2, 0) is 13.0 Å². The van der Waals surface area contributed by atoms with E-state index < -0.39 is 0 Å². The van der Waals surface area contributed by atoms with Crippen LogP contribution < -0.4 is 5.32 Å². The molecule has 1 aliphatic heterocycles. The molecular weight excluding hydrogens is 264 g/mol. The molecule has 0 saturated heterocycles. The van der Waals surface area contributed by atoms with Gasteiger partial charge < -0.3 is 10.2 Å². The molecule has 2 amide bonds. The van der Waals surface area contributed by atoms with E-state index in [4.69, 9.17) is 0 Å². The largest absolute Gasteiger partial charge is 0.322 e. The smallest absolute Gasteiger partial charge is 0.320 e. The lowest BCUT2D eigenvalue weighted by molar-refractivity contribution is 0.205. The maximum Gasteiger partial charge on any atom is 0.322 e. The van der Waals surface area contributed by atoms with Crippen LogP contribution in [0.5, 0.6) is 0 Å². The van der Waals surface area contributed by atoms with Gasteiger partial charge in [0.1, 0.15) is 5.82 Å². The SMILES string of the molecule is Cc1cccc(NC(=O)N2CCc3nc(C)ncc3C2)c1. The van der Waals surface area contributed by atoms with Crippen LogP contribution in [0.1, 0.15) is 22.6 Å². The maximum atomic E-state index is 12.3.